The fourth-order valence-corrected chi connectivity index (χ4v) is 2.78. The average Bonchev–Trinajstić information content (AvgIpc) is 2.98. The summed E-state index contributed by atoms with van der Waals surface area (Å²) in [5.41, 5.74) is 6.89. The summed E-state index contributed by atoms with van der Waals surface area (Å²) in [6.45, 7) is 0.369. The van der Waals surface area contributed by atoms with E-state index in [4.69, 9.17) is 10.8 Å². The summed E-state index contributed by atoms with van der Waals surface area (Å²) in [7, 11) is 0. The van der Waals surface area contributed by atoms with Crippen molar-refractivity contribution in [1.82, 2.24) is 4.90 Å². The molecule has 0 spiro atoms. The Balaban J connectivity index is 2.10. The molecule has 104 valence electrons. The summed E-state index contributed by atoms with van der Waals surface area (Å²) in [4.78, 5) is 14.3. The first-order valence-electron chi connectivity index (χ1n) is 6.96. The van der Waals surface area contributed by atoms with Gasteiger partial charge >= 0.3 is 0 Å². The largest absolute Gasteiger partial charge is 0.395 e. The number of hydrogen-bond acceptors (Lipinski definition) is 3. The molecular weight excluding hydrogens is 240 g/mol. The Hall–Kier alpha value is -1.39. The van der Waals surface area contributed by atoms with Crippen LogP contribution >= 0.6 is 0 Å². The van der Waals surface area contributed by atoms with Gasteiger partial charge in [-0.3, -0.25) is 4.79 Å². The zero-order valence-electron chi connectivity index (χ0n) is 11.2. The smallest absolute Gasteiger partial charge is 0.244 e. The maximum atomic E-state index is 12.5. The summed E-state index contributed by atoms with van der Waals surface area (Å²) in [5.74, 6) is -0.0767. The van der Waals surface area contributed by atoms with E-state index in [1.165, 1.54) is 0 Å². The quantitative estimate of drug-likeness (QED) is 0.844. The molecule has 4 heteroatoms. The van der Waals surface area contributed by atoms with Gasteiger partial charge in [-0.15, -0.1) is 0 Å². The first-order valence-corrected chi connectivity index (χ1v) is 6.96. The zero-order valence-corrected chi connectivity index (χ0v) is 11.2. The van der Waals surface area contributed by atoms with Crippen molar-refractivity contribution >= 4 is 5.91 Å². The van der Waals surface area contributed by atoms with E-state index in [9.17, 15) is 4.79 Å². The highest BCUT2D eigenvalue weighted by molar-refractivity contribution is 5.83. The average molecular weight is 262 g/mol. The molecule has 1 amide bonds. The lowest BCUT2D eigenvalue weighted by Crippen LogP contribution is -2.45. The summed E-state index contributed by atoms with van der Waals surface area (Å²) in [5, 5.41) is 9.16. The third-order valence-electron chi connectivity index (χ3n) is 3.81. The molecule has 1 aliphatic carbocycles. The normalized spacial score (nSPS) is 17.4. The van der Waals surface area contributed by atoms with E-state index in [-0.39, 0.29) is 18.6 Å². The van der Waals surface area contributed by atoms with E-state index in [0.717, 1.165) is 31.2 Å². The molecule has 0 unspecified atom stereocenters. The summed E-state index contributed by atoms with van der Waals surface area (Å²) in [6, 6.07) is 9.03. The third kappa shape index (κ3) is 3.33. The molecule has 0 bridgehead atoms. The molecule has 1 aromatic rings. The SMILES string of the molecule is N[C@@H](C(=O)N(CCO)C1CCCC1)c1ccccc1. The predicted octanol–water partition coefficient (Wildman–Crippen LogP) is 1.45. The molecule has 0 saturated heterocycles. The van der Waals surface area contributed by atoms with Crippen LogP contribution < -0.4 is 5.73 Å². The zero-order chi connectivity index (χ0) is 13.7. The first kappa shape index (κ1) is 14.0. The second kappa shape index (κ2) is 6.68. The van der Waals surface area contributed by atoms with E-state index in [1.807, 2.05) is 30.3 Å². The fourth-order valence-electron chi connectivity index (χ4n) is 2.78. The summed E-state index contributed by atoms with van der Waals surface area (Å²) in [6.07, 6.45) is 4.35. The van der Waals surface area contributed by atoms with E-state index in [2.05, 4.69) is 0 Å². The number of hydrogen-bond donors (Lipinski definition) is 2. The number of rotatable bonds is 5. The molecule has 4 nitrogen and oxygen atoms in total. The van der Waals surface area contributed by atoms with Gasteiger partial charge < -0.3 is 15.7 Å². The van der Waals surface area contributed by atoms with Crippen molar-refractivity contribution in [3.05, 3.63) is 35.9 Å². The Morgan fingerprint density at radius 1 is 1.32 bits per heavy atom. The van der Waals surface area contributed by atoms with Crippen LogP contribution in [0.4, 0.5) is 0 Å². The molecule has 1 atom stereocenters. The topological polar surface area (TPSA) is 66.6 Å². The summed E-state index contributed by atoms with van der Waals surface area (Å²) < 4.78 is 0. The van der Waals surface area contributed by atoms with Crippen molar-refractivity contribution in [1.29, 1.82) is 0 Å². The van der Waals surface area contributed by atoms with Crippen LogP contribution in [0.1, 0.15) is 37.3 Å². The maximum absolute atomic E-state index is 12.5. The minimum Gasteiger partial charge on any atom is -0.395 e. The van der Waals surface area contributed by atoms with Crippen LogP contribution in [0.2, 0.25) is 0 Å². The molecule has 19 heavy (non-hydrogen) atoms. The molecule has 1 saturated carbocycles. The molecule has 0 aromatic heterocycles. The van der Waals surface area contributed by atoms with Crippen LogP contribution in [0.5, 0.6) is 0 Å². The van der Waals surface area contributed by atoms with Gasteiger partial charge in [-0.05, 0) is 18.4 Å². The number of nitrogens with two attached hydrogens (primary N) is 1. The Labute approximate surface area is 114 Å². The van der Waals surface area contributed by atoms with Crippen LogP contribution in [0, 0.1) is 0 Å². The highest BCUT2D eigenvalue weighted by Gasteiger charge is 2.29. The number of nitrogens with zero attached hydrogens (tertiary/aromatic N) is 1. The van der Waals surface area contributed by atoms with Gasteiger partial charge in [-0.2, -0.15) is 0 Å². The lowest BCUT2D eigenvalue weighted by atomic mass is 10.1. The minimum absolute atomic E-state index is 0.0102. The molecule has 0 aliphatic heterocycles. The number of benzene rings is 1. The fraction of sp³-hybridized carbons (Fsp3) is 0.533. The van der Waals surface area contributed by atoms with Crippen molar-refractivity contribution in [2.24, 2.45) is 5.73 Å². The number of aliphatic hydroxyl groups is 1. The van der Waals surface area contributed by atoms with E-state index < -0.39 is 6.04 Å². The highest BCUT2D eigenvalue weighted by Crippen LogP contribution is 2.25. The van der Waals surface area contributed by atoms with Crippen molar-refractivity contribution in [2.45, 2.75) is 37.8 Å². The molecule has 0 radical (unpaired) electrons. The second-order valence-corrected chi connectivity index (χ2v) is 5.08. The number of aliphatic hydroxyl groups excluding tert-OH is 1. The van der Waals surface area contributed by atoms with Gasteiger partial charge in [0.15, 0.2) is 0 Å². The number of carbonyl (C=O) groups excluding carboxylic acids is 1. The monoisotopic (exact) mass is 262 g/mol. The van der Waals surface area contributed by atoms with E-state index in [1.54, 1.807) is 4.90 Å². The van der Waals surface area contributed by atoms with E-state index in [0.29, 0.717) is 6.54 Å². The van der Waals surface area contributed by atoms with Gasteiger partial charge in [0.1, 0.15) is 6.04 Å². The maximum Gasteiger partial charge on any atom is 0.244 e. The van der Waals surface area contributed by atoms with Gasteiger partial charge in [0.25, 0.3) is 0 Å². The Kier molecular flexibility index (Phi) is 4.93. The molecule has 1 aliphatic rings. The van der Waals surface area contributed by atoms with Gasteiger partial charge in [-0.25, -0.2) is 0 Å². The molecule has 1 fully saturated rings. The predicted molar refractivity (Wildman–Crippen MR) is 74.4 cm³/mol. The van der Waals surface area contributed by atoms with Crippen LogP contribution in [0.3, 0.4) is 0 Å². The first-order chi connectivity index (χ1) is 9.24. The Morgan fingerprint density at radius 3 is 2.53 bits per heavy atom. The standard InChI is InChI=1S/C15H22N2O2/c16-14(12-6-2-1-3-7-12)15(19)17(10-11-18)13-8-4-5-9-13/h1-3,6-7,13-14,18H,4-5,8-11,16H2/t14-/m1/s1. The lowest BCUT2D eigenvalue weighted by Gasteiger charge is -2.30. The van der Waals surface area contributed by atoms with Gasteiger partial charge in [0.05, 0.1) is 6.61 Å². The highest BCUT2D eigenvalue weighted by atomic mass is 16.3. The van der Waals surface area contributed by atoms with E-state index >= 15 is 0 Å². The third-order valence-corrected chi connectivity index (χ3v) is 3.81. The molecule has 3 N–H and O–H groups in total. The van der Waals surface area contributed by atoms with Crippen molar-refractivity contribution in [3.8, 4) is 0 Å². The Bertz CT molecular complexity index is 402. The van der Waals surface area contributed by atoms with Crippen LogP contribution in [0.25, 0.3) is 0 Å². The van der Waals surface area contributed by atoms with Crippen LogP contribution in [0.15, 0.2) is 30.3 Å². The Morgan fingerprint density at radius 2 is 1.95 bits per heavy atom. The molecular formula is C15H22N2O2. The molecule has 1 aromatic carbocycles. The van der Waals surface area contributed by atoms with Crippen LogP contribution in [-0.4, -0.2) is 35.1 Å². The van der Waals surface area contributed by atoms with Gasteiger partial charge in [-0.1, -0.05) is 43.2 Å². The van der Waals surface area contributed by atoms with Crippen molar-refractivity contribution in [3.63, 3.8) is 0 Å². The second-order valence-electron chi connectivity index (χ2n) is 5.08. The van der Waals surface area contributed by atoms with Gasteiger partial charge in [0, 0.05) is 12.6 Å². The van der Waals surface area contributed by atoms with Gasteiger partial charge in [0.2, 0.25) is 5.91 Å². The minimum atomic E-state index is -0.631. The van der Waals surface area contributed by atoms with Crippen LogP contribution in [-0.2, 0) is 4.79 Å². The number of amides is 1. The van der Waals surface area contributed by atoms with Crippen molar-refractivity contribution in [2.75, 3.05) is 13.2 Å². The summed E-state index contributed by atoms with van der Waals surface area (Å²) >= 11 is 0. The lowest BCUT2D eigenvalue weighted by molar-refractivity contribution is -0.135. The van der Waals surface area contributed by atoms with Crippen molar-refractivity contribution < 1.29 is 9.90 Å². The number of carbonyl (C=O) groups is 1. The molecule has 0 heterocycles. The molecule has 2 rings (SSSR count).